The molecule has 4 unspecified atom stereocenters. The Morgan fingerprint density at radius 1 is 1.22 bits per heavy atom. The van der Waals surface area contributed by atoms with Gasteiger partial charge in [0.05, 0.1) is 19.3 Å². The molecule has 3 N–H and O–H groups in total. The molecule has 3 fully saturated rings. The fourth-order valence-corrected chi connectivity index (χ4v) is 4.75. The van der Waals surface area contributed by atoms with Gasteiger partial charge in [0.2, 0.25) is 5.82 Å². The smallest absolute Gasteiger partial charge is 0.269 e. The molecule has 0 saturated carbocycles. The highest BCUT2D eigenvalue weighted by molar-refractivity contribution is 5.96. The number of halogens is 2. The Morgan fingerprint density at radius 3 is 2.57 bits per heavy atom. The van der Waals surface area contributed by atoms with Gasteiger partial charge in [-0.25, -0.2) is 4.39 Å². The van der Waals surface area contributed by atoms with Crippen LogP contribution in [0, 0.1) is 23.5 Å². The van der Waals surface area contributed by atoms with E-state index in [4.69, 9.17) is 19.9 Å². The summed E-state index contributed by atoms with van der Waals surface area (Å²) >= 11 is 0. The molecule has 2 aromatic rings. The topological polar surface area (TPSA) is 121 Å². The summed E-state index contributed by atoms with van der Waals surface area (Å²) in [4.78, 5) is 25.2. The second kappa shape index (κ2) is 12.0. The van der Waals surface area contributed by atoms with Crippen LogP contribution in [0.3, 0.4) is 0 Å². The van der Waals surface area contributed by atoms with E-state index in [1.54, 1.807) is 7.05 Å². The summed E-state index contributed by atoms with van der Waals surface area (Å²) in [6.45, 7) is 6.77. The number of likely N-dealkylation sites (tertiary alicyclic amines) is 1. The standard InChI is InChI=1S/C14H17F2NO2.C11H16N4O3/c15-12-2-1-3-13(14(12)16)19-5-4-17-6-10-8-18-9-11(10)7-17;1-6-3-4-8(18-6)11(17)13-9-5-7(10(12)16)14-15(9)2/h1-3,10-11H,4-9H2;5-6,8H,3-4H2,1-2H3,(H2,12,16)(H,13,17). The fraction of sp³-hybridized carbons (Fsp3) is 0.560. The van der Waals surface area contributed by atoms with Gasteiger partial charge in [-0.3, -0.25) is 19.2 Å². The van der Waals surface area contributed by atoms with Crippen molar-refractivity contribution in [2.45, 2.75) is 32.0 Å². The average molecular weight is 522 g/mol. The molecule has 4 atom stereocenters. The highest BCUT2D eigenvalue weighted by Crippen LogP contribution is 2.29. The average Bonchev–Trinajstić information content (AvgIpc) is 3.63. The molecule has 1 aromatic carbocycles. The van der Waals surface area contributed by atoms with Crippen molar-refractivity contribution in [2.24, 2.45) is 24.6 Å². The normalized spacial score (nSPS) is 24.9. The second-order valence-corrected chi connectivity index (χ2v) is 9.62. The van der Waals surface area contributed by atoms with Gasteiger partial charge in [0.15, 0.2) is 17.3 Å². The van der Waals surface area contributed by atoms with Crippen LogP contribution in [0.2, 0.25) is 0 Å². The van der Waals surface area contributed by atoms with Crippen molar-refractivity contribution in [1.82, 2.24) is 14.7 Å². The van der Waals surface area contributed by atoms with Gasteiger partial charge >= 0.3 is 0 Å². The summed E-state index contributed by atoms with van der Waals surface area (Å²) < 4.78 is 43.9. The van der Waals surface area contributed by atoms with E-state index in [2.05, 4.69) is 15.3 Å². The minimum Gasteiger partial charge on any atom is -0.489 e. The van der Waals surface area contributed by atoms with Crippen molar-refractivity contribution in [1.29, 1.82) is 0 Å². The monoisotopic (exact) mass is 521 g/mol. The number of nitrogens with zero attached hydrogens (tertiary/aromatic N) is 3. The van der Waals surface area contributed by atoms with Gasteiger partial charge in [0.1, 0.15) is 18.5 Å². The lowest BCUT2D eigenvalue weighted by Crippen LogP contribution is -2.28. The Kier molecular flexibility index (Phi) is 8.72. The summed E-state index contributed by atoms with van der Waals surface area (Å²) in [5, 5.41) is 6.57. The number of hydrogen-bond donors (Lipinski definition) is 2. The fourth-order valence-electron chi connectivity index (χ4n) is 4.75. The Bertz CT molecular complexity index is 1100. The van der Waals surface area contributed by atoms with Crippen LogP contribution in [0.1, 0.15) is 30.3 Å². The largest absolute Gasteiger partial charge is 0.489 e. The number of nitrogens with two attached hydrogens (primary N) is 1. The van der Waals surface area contributed by atoms with E-state index < -0.39 is 23.6 Å². The Morgan fingerprint density at radius 2 is 1.95 bits per heavy atom. The number of hydrogen-bond acceptors (Lipinski definition) is 7. The van der Waals surface area contributed by atoms with E-state index in [9.17, 15) is 18.4 Å². The van der Waals surface area contributed by atoms with Crippen molar-refractivity contribution < 1.29 is 32.6 Å². The minimum atomic E-state index is -0.908. The summed E-state index contributed by atoms with van der Waals surface area (Å²) in [5.74, 6) is -0.953. The molecule has 202 valence electrons. The maximum Gasteiger partial charge on any atom is 0.269 e. The lowest BCUT2D eigenvalue weighted by molar-refractivity contribution is -0.126. The van der Waals surface area contributed by atoms with Gasteiger partial charge in [0, 0.05) is 44.6 Å². The Hall–Kier alpha value is -3.09. The molecule has 3 aliphatic rings. The lowest BCUT2D eigenvalue weighted by Gasteiger charge is -2.17. The third-order valence-corrected chi connectivity index (χ3v) is 6.81. The number of ether oxygens (including phenoxy) is 3. The molecule has 3 saturated heterocycles. The molecule has 12 heteroatoms. The quantitative estimate of drug-likeness (QED) is 0.571. The van der Waals surface area contributed by atoms with Crippen LogP contribution in [-0.4, -0.2) is 78.2 Å². The summed E-state index contributed by atoms with van der Waals surface area (Å²) in [6, 6.07) is 5.43. The van der Waals surface area contributed by atoms with E-state index in [1.807, 2.05) is 6.92 Å². The molecule has 10 nitrogen and oxygen atoms in total. The van der Waals surface area contributed by atoms with E-state index in [0.717, 1.165) is 45.3 Å². The first-order valence-corrected chi connectivity index (χ1v) is 12.4. The predicted molar refractivity (Wildman–Crippen MR) is 130 cm³/mol. The van der Waals surface area contributed by atoms with Gasteiger partial charge in [-0.2, -0.15) is 9.49 Å². The minimum absolute atomic E-state index is 0.0114. The van der Waals surface area contributed by atoms with Crippen LogP contribution >= 0.6 is 0 Å². The van der Waals surface area contributed by atoms with Crippen LogP contribution in [0.5, 0.6) is 5.75 Å². The number of anilines is 1. The number of rotatable bonds is 7. The van der Waals surface area contributed by atoms with Crippen molar-refractivity contribution >= 4 is 17.6 Å². The zero-order chi connectivity index (χ0) is 26.5. The molecule has 2 amide bonds. The number of primary amides is 1. The first-order valence-electron chi connectivity index (χ1n) is 12.4. The molecule has 0 aliphatic carbocycles. The van der Waals surface area contributed by atoms with Crippen LogP contribution in [-0.2, 0) is 21.3 Å². The molecule has 0 spiro atoms. The summed E-state index contributed by atoms with van der Waals surface area (Å²) in [5.41, 5.74) is 5.23. The molecule has 0 radical (unpaired) electrons. The molecule has 1 aromatic heterocycles. The molecule has 37 heavy (non-hydrogen) atoms. The third kappa shape index (κ3) is 6.82. The molecule has 3 aliphatic heterocycles. The van der Waals surface area contributed by atoms with Gasteiger partial charge < -0.3 is 25.3 Å². The number of carbonyl (C=O) groups excluding carboxylic acids is 2. The number of nitrogens with one attached hydrogen (secondary N) is 1. The lowest BCUT2D eigenvalue weighted by atomic mass is 10.0. The summed E-state index contributed by atoms with van der Waals surface area (Å²) in [6.07, 6.45) is 1.24. The highest BCUT2D eigenvalue weighted by Gasteiger charge is 2.36. The molecular formula is C25H33F2N5O5. The van der Waals surface area contributed by atoms with Gasteiger partial charge in [-0.15, -0.1) is 0 Å². The van der Waals surface area contributed by atoms with Gasteiger partial charge in [-0.05, 0) is 31.9 Å². The maximum atomic E-state index is 13.4. The predicted octanol–water partition coefficient (Wildman–Crippen LogP) is 1.95. The van der Waals surface area contributed by atoms with Crippen LogP contribution < -0.4 is 15.8 Å². The Balaban J connectivity index is 0.000000173. The van der Waals surface area contributed by atoms with Crippen LogP contribution in [0.15, 0.2) is 24.3 Å². The van der Waals surface area contributed by atoms with Crippen LogP contribution in [0.4, 0.5) is 14.6 Å². The van der Waals surface area contributed by atoms with E-state index in [1.165, 1.54) is 22.9 Å². The molecule has 0 bridgehead atoms. The van der Waals surface area contributed by atoms with Crippen molar-refractivity contribution in [3.8, 4) is 5.75 Å². The highest BCUT2D eigenvalue weighted by atomic mass is 19.2. The maximum absolute atomic E-state index is 13.4. The SMILES string of the molecule is CC1CCC(C(=O)Nc2cc(C(N)=O)nn2C)O1.Fc1cccc(OCCN2CC3COCC3C2)c1F. The second-order valence-electron chi connectivity index (χ2n) is 9.62. The zero-order valence-corrected chi connectivity index (χ0v) is 21.0. The Labute approximate surface area is 214 Å². The zero-order valence-electron chi connectivity index (χ0n) is 21.0. The van der Waals surface area contributed by atoms with Crippen molar-refractivity contribution in [3.63, 3.8) is 0 Å². The number of aryl methyl sites for hydroxylation is 1. The molecular weight excluding hydrogens is 488 g/mol. The summed E-state index contributed by atoms with van der Waals surface area (Å²) in [7, 11) is 1.63. The number of amides is 2. The first kappa shape index (κ1) is 27.0. The van der Waals surface area contributed by atoms with E-state index in [-0.39, 0.29) is 23.5 Å². The van der Waals surface area contributed by atoms with E-state index >= 15 is 0 Å². The first-order chi connectivity index (χ1) is 17.7. The third-order valence-electron chi connectivity index (χ3n) is 6.81. The number of fused-ring (bicyclic) bond motifs is 1. The van der Waals surface area contributed by atoms with Crippen molar-refractivity contribution in [2.75, 3.05) is 44.8 Å². The van der Waals surface area contributed by atoms with Crippen molar-refractivity contribution in [3.05, 3.63) is 41.6 Å². The molecule has 4 heterocycles. The molecule has 5 rings (SSSR count). The number of aromatic nitrogens is 2. The van der Waals surface area contributed by atoms with Gasteiger partial charge in [-0.1, -0.05) is 6.07 Å². The van der Waals surface area contributed by atoms with E-state index in [0.29, 0.717) is 30.7 Å². The van der Waals surface area contributed by atoms with Crippen LogP contribution in [0.25, 0.3) is 0 Å². The number of carbonyl (C=O) groups is 2. The number of benzene rings is 1. The van der Waals surface area contributed by atoms with Gasteiger partial charge in [0.25, 0.3) is 11.8 Å².